The van der Waals surface area contributed by atoms with Crippen LogP contribution in [0.2, 0.25) is 0 Å². The number of nitrogens with zero attached hydrogens (tertiary/aromatic N) is 2. The van der Waals surface area contributed by atoms with Gasteiger partial charge in [0.1, 0.15) is 30.1 Å². The van der Waals surface area contributed by atoms with Crippen molar-refractivity contribution in [3.05, 3.63) is 113 Å². The van der Waals surface area contributed by atoms with Crippen LogP contribution in [0.15, 0.2) is 77.7 Å². The second-order valence-electron chi connectivity index (χ2n) is 8.04. The van der Waals surface area contributed by atoms with Gasteiger partial charge in [-0.3, -0.25) is 4.98 Å². The maximum absolute atomic E-state index is 13.9. The van der Waals surface area contributed by atoms with E-state index in [-0.39, 0.29) is 5.82 Å². The minimum Gasteiger partial charge on any atom is -0.487 e. The number of hydrogen-bond donors (Lipinski definition) is 0. The van der Waals surface area contributed by atoms with Gasteiger partial charge in [-0.2, -0.15) is 0 Å². The molecule has 0 bridgehead atoms. The highest BCUT2D eigenvalue weighted by Crippen LogP contribution is 2.17. The number of benzene rings is 2. The lowest BCUT2D eigenvalue weighted by Crippen LogP contribution is -1.96. The lowest BCUT2D eigenvalue weighted by atomic mass is 10.0. The van der Waals surface area contributed by atoms with E-state index in [0.717, 1.165) is 37.0 Å². The first-order chi connectivity index (χ1) is 16.2. The molecule has 33 heavy (non-hydrogen) atoms. The Morgan fingerprint density at radius 3 is 2.55 bits per heavy atom. The lowest BCUT2D eigenvalue weighted by molar-refractivity contribution is 0.301. The SMILES string of the molecule is Cc1ccc(/C=C/c2nc(COc3ccc(CCCCc4cccnc4)cc3)co2)c(F)c1. The van der Waals surface area contributed by atoms with Crippen LogP contribution >= 0.6 is 0 Å². The molecule has 0 unspecified atom stereocenters. The van der Waals surface area contributed by atoms with E-state index in [2.05, 4.69) is 28.2 Å². The number of pyridine rings is 1. The Labute approximate surface area is 193 Å². The molecule has 0 N–H and O–H groups in total. The molecule has 5 heteroatoms. The first kappa shape index (κ1) is 22.5. The number of aromatic nitrogens is 2. The predicted molar refractivity (Wildman–Crippen MR) is 128 cm³/mol. The van der Waals surface area contributed by atoms with Crippen molar-refractivity contribution in [2.75, 3.05) is 0 Å². The van der Waals surface area contributed by atoms with E-state index in [1.54, 1.807) is 30.7 Å². The largest absolute Gasteiger partial charge is 0.487 e. The van der Waals surface area contributed by atoms with Crippen LogP contribution < -0.4 is 4.74 Å². The van der Waals surface area contributed by atoms with Gasteiger partial charge in [0, 0.05) is 24.0 Å². The molecule has 0 aliphatic rings. The van der Waals surface area contributed by atoms with Crippen molar-refractivity contribution >= 4 is 12.2 Å². The smallest absolute Gasteiger partial charge is 0.218 e. The molecule has 4 nitrogen and oxygen atoms in total. The van der Waals surface area contributed by atoms with Crippen molar-refractivity contribution < 1.29 is 13.5 Å². The van der Waals surface area contributed by atoms with E-state index < -0.39 is 0 Å². The summed E-state index contributed by atoms with van der Waals surface area (Å²) in [5, 5.41) is 0. The van der Waals surface area contributed by atoms with Crippen molar-refractivity contribution in [3.8, 4) is 5.75 Å². The molecule has 0 spiro atoms. The van der Waals surface area contributed by atoms with Crippen molar-refractivity contribution in [1.82, 2.24) is 9.97 Å². The Bertz CT molecular complexity index is 1180. The zero-order valence-corrected chi connectivity index (χ0v) is 18.7. The van der Waals surface area contributed by atoms with Crippen LogP contribution in [0.3, 0.4) is 0 Å². The van der Waals surface area contributed by atoms with Gasteiger partial charge in [-0.25, -0.2) is 9.37 Å². The van der Waals surface area contributed by atoms with Gasteiger partial charge in [0.15, 0.2) is 0 Å². The summed E-state index contributed by atoms with van der Waals surface area (Å²) >= 11 is 0. The van der Waals surface area contributed by atoms with Gasteiger partial charge >= 0.3 is 0 Å². The van der Waals surface area contributed by atoms with Crippen molar-refractivity contribution in [2.24, 2.45) is 0 Å². The number of hydrogen-bond acceptors (Lipinski definition) is 4. The Morgan fingerprint density at radius 1 is 0.970 bits per heavy atom. The molecule has 0 fully saturated rings. The van der Waals surface area contributed by atoms with Gasteiger partial charge in [-0.15, -0.1) is 0 Å². The molecule has 4 aromatic rings. The highest BCUT2D eigenvalue weighted by molar-refractivity contribution is 5.66. The van der Waals surface area contributed by atoms with Crippen LogP contribution in [-0.2, 0) is 19.4 Å². The van der Waals surface area contributed by atoms with E-state index >= 15 is 0 Å². The van der Waals surface area contributed by atoms with Gasteiger partial charge in [-0.1, -0.05) is 30.3 Å². The first-order valence-electron chi connectivity index (χ1n) is 11.1. The quantitative estimate of drug-likeness (QED) is 0.253. The van der Waals surface area contributed by atoms with Crippen LogP contribution in [0, 0.1) is 12.7 Å². The molecule has 168 valence electrons. The molecule has 0 saturated heterocycles. The number of halogens is 1. The third-order valence-electron chi connectivity index (χ3n) is 5.34. The molecule has 0 aliphatic heterocycles. The molecular weight excluding hydrogens is 415 g/mol. The molecular formula is C28H27FN2O2. The Hall–Kier alpha value is -3.73. The third kappa shape index (κ3) is 6.88. The predicted octanol–water partition coefficient (Wildman–Crippen LogP) is 6.83. The second-order valence-corrected chi connectivity index (χ2v) is 8.04. The zero-order chi connectivity index (χ0) is 22.9. The number of rotatable bonds is 10. The molecule has 0 aliphatic carbocycles. The second kappa shape index (κ2) is 11.2. The summed E-state index contributed by atoms with van der Waals surface area (Å²) in [5.74, 6) is 0.935. The fourth-order valence-corrected chi connectivity index (χ4v) is 3.51. The van der Waals surface area contributed by atoms with Crippen LogP contribution in [0.1, 0.15) is 46.7 Å². The number of oxazole rings is 1. The molecule has 0 radical (unpaired) electrons. The maximum Gasteiger partial charge on any atom is 0.218 e. The molecule has 2 aromatic carbocycles. The molecule has 2 heterocycles. The van der Waals surface area contributed by atoms with Crippen molar-refractivity contribution in [1.29, 1.82) is 0 Å². The van der Waals surface area contributed by atoms with Crippen LogP contribution in [0.4, 0.5) is 4.39 Å². The van der Waals surface area contributed by atoms with Crippen LogP contribution in [-0.4, -0.2) is 9.97 Å². The van der Waals surface area contributed by atoms with Gasteiger partial charge < -0.3 is 9.15 Å². The third-order valence-corrected chi connectivity index (χ3v) is 5.34. The lowest BCUT2D eigenvalue weighted by Gasteiger charge is -2.06. The monoisotopic (exact) mass is 442 g/mol. The van der Waals surface area contributed by atoms with E-state index in [9.17, 15) is 4.39 Å². The minimum atomic E-state index is -0.265. The normalized spacial score (nSPS) is 11.2. The number of unbranched alkanes of at least 4 members (excludes halogenated alkanes) is 1. The molecule has 0 saturated carbocycles. The number of ether oxygens (including phenoxy) is 1. The average Bonchev–Trinajstić information content (AvgIpc) is 3.29. The van der Waals surface area contributed by atoms with Gasteiger partial charge in [0.05, 0.1) is 0 Å². The molecule has 0 amide bonds. The summed E-state index contributed by atoms with van der Waals surface area (Å²) in [7, 11) is 0. The van der Waals surface area contributed by atoms with E-state index in [1.165, 1.54) is 17.2 Å². The van der Waals surface area contributed by atoms with E-state index in [0.29, 0.717) is 23.8 Å². The summed E-state index contributed by atoms with van der Waals surface area (Å²) in [5.41, 5.74) is 4.64. The first-order valence-corrected chi connectivity index (χ1v) is 11.1. The standard InChI is InChI=1S/C28H27FN2O2/c1-21-8-11-24(27(29)17-21)12-15-28-31-25(20-33-28)19-32-26-13-9-22(10-14-26)5-2-3-6-23-7-4-16-30-18-23/h4,7-18,20H,2-3,5-6,19H2,1H3/b15-12+. The van der Waals surface area contributed by atoms with E-state index in [4.69, 9.17) is 9.15 Å². The van der Waals surface area contributed by atoms with Gasteiger partial charge in [-0.05, 0) is 79.6 Å². The molecule has 2 aromatic heterocycles. The van der Waals surface area contributed by atoms with Crippen LogP contribution in [0.5, 0.6) is 5.75 Å². The van der Waals surface area contributed by atoms with Crippen molar-refractivity contribution in [3.63, 3.8) is 0 Å². The van der Waals surface area contributed by atoms with Crippen molar-refractivity contribution in [2.45, 2.75) is 39.2 Å². The summed E-state index contributed by atoms with van der Waals surface area (Å²) in [4.78, 5) is 8.53. The molecule has 4 rings (SSSR count). The average molecular weight is 443 g/mol. The summed E-state index contributed by atoms with van der Waals surface area (Å²) < 4.78 is 25.2. The minimum absolute atomic E-state index is 0.265. The highest BCUT2D eigenvalue weighted by atomic mass is 19.1. The topological polar surface area (TPSA) is 48.2 Å². The fraction of sp³-hybridized carbons (Fsp3) is 0.214. The Balaban J connectivity index is 1.21. The zero-order valence-electron chi connectivity index (χ0n) is 18.7. The summed E-state index contributed by atoms with van der Waals surface area (Å²) in [6.07, 6.45) is 13.0. The van der Waals surface area contributed by atoms with Gasteiger partial charge in [0.25, 0.3) is 0 Å². The summed E-state index contributed by atoms with van der Waals surface area (Å²) in [6, 6.07) is 17.4. The Morgan fingerprint density at radius 2 is 1.79 bits per heavy atom. The van der Waals surface area contributed by atoms with Crippen LogP contribution in [0.25, 0.3) is 12.2 Å². The highest BCUT2D eigenvalue weighted by Gasteiger charge is 2.04. The Kier molecular flexibility index (Phi) is 7.64. The maximum atomic E-state index is 13.9. The van der Waals surface area contributed by atoms with E-state index in [1.807, 2.05) is 37.4 Å². The number of aryl methyl sites for hydroxylation is 3. The molecule has 0 atom stereocenters. The van der Waals surface area contributed by atoms with Gasteiger partial charge in [0.2, 0.25) is 5.89 Å². The fourth-order valence-electron chi connectivity index (χ4n) is 3.51. The summed E-state index contributed by atoms with van der Waals surface area (Å²) in [6.45, 7) is 2.16.